The number of carbonyl (C=O) groups excluding carboxylic acids is 1. The zero-order valence-electron chi connectivity index (χ0n) is 16.0. The van der Waals surface area contributed by atoms with Crippen LogP contribution >= 0.6 is 11.3 Å². The van der Waals surface area contributed by atoms with Gasteiger partial charge in [0.2, 0.25) is 5.91 Å². The number of carbonyl (C=O) groups is 1. The number of ether oxygens (including phenoxy) is 1. The number of amides is 1. The molecule has 0 saturated carbocycles. The van der Waals surface area contributed by atoms with Crippen molar-refractivity contribution >= 4 is 33.5 Å². The van der Waals surface area contributed by atoms with Crippen molar-refractivity contribution in [2.75, 3.05) is 19.7 Å². The molecule has 0 atom stereocenters. The predicted molar refractivity (Wildman–Crippen MR) is 115 cm³/mol. The standard InChI is InChI=1S/C23H24N2O2S/c1-2-27-19-10-7-17(8-11-19)9-12-22(26)25-15-13-18(14-16-25)23-24-20-5-3-4-6-21(20)28-23/h3-12,18H,2,13-16H2,1H3. The summed E-state index contributed by atoms with van der Waals surface area (Å²) in [5.41, 5.74) is 2.08. The Hall–Kier alpha value is -2.66. The maximum Gasteiger partial charge on any atom is 0.246 e. The van der Waals surface area contributed by atoms with E-state index in [-0.39, 0.29) is 5.91 Å². The molecule has 2 aromatic carbocycles. The molecule has 1 aromatic heterocycles. The number of fused-ring (bicyclic) bond motifs is 1. The van der Waals surface area contributed by atoms with Crippen LogP contribution in [0.1, 0.15) is 36.3 Å². The van der Waals surface area contributed by atoms with E-state index in [0.29, 0.717) is 12.5 Å². The Kier molecular flexibility index (Phi) is 5.72. The molecule has 1 aliphatic rings. The molecule has 4 rings (SSSR count). The average molecular weight is 393 g/mol. The highest BCUT2D eigenvalue weighted by molar-refractivity contribution is 7.18. The maximum absolute atomic E-state index is 12.5. The van der Waals surface area contributed by atoms with Crippen LogP contribution in [0.5, 0.6) is 5.75 Å². The number of aromatic nitrogens is 1. The van der Waals surface area contributed by atoms with Crippen LogP contribution in [0.4, 0.5) is 0 Å². The number of para-hydroxylation sites is 1. The van der Waals surface area contributed by atoms with E-state index in [0.717, 1.165) is 42.8 Å². The molecule has 4 nitrogen and oxygen atoms in total. The lowest BCUT2D eigenvalue weighted by molar-refractivity contribution is -0.126. The Morgan fingerprint density at radius 2 is 1.93 bits per heavy atom. The van der Waals surface area contributed by atoms with Crippen LogP contribution in [-0.2, 0) is 4.79 Å². The summed E-state index contributed by atoms with van der Waals surface area (Å²) in [5.74, 6) is 1.39. The second kappa shape index (κ2) is 8.57. The third-order valence-corrected chi connectivity index (χ3v) is 6.27. The van der Waals surface area contributed by atoms with E-state index in [1.54, 1.807) is 17.4 Å². The number of rotatable bonds is 5. The number of thiazole rings is 1. The first-order chi connectivity index (χ1) is 13.7. The number of benzene rings is 2. The minimum atomic E-state index is 0.0802. The molecular weight excluding hydrogens is 368 g/mol. The molecule has 0 radical (unpaired) electrons. The van der Waals surface area contributed by atoms with Gasteiger partial charge in [0.1, 0.15) is 5.75 Å². The van der Waals surface area contributed by atoms with Crippen molar-refractivity contribution in [3.05, 3.63) is 65.2 Å². The third-order valence-electron chi connectivity index (χ3n) is 5.08. The molecule has 3 aromatic rings. The van der Waals surface area contributed by atoms with Crippen LogP contribution in [0.15, 0.2) is 54.6 Å². The van der Waals surface area contributed by atoms with Crippen molar-refractivity contribution < 1.29 is 9.53 Å². The molecule has 2 heterocycles. The van der Waals surface area contributed by atoms with E-state index < -0.39 is 0 Å². The fourth-order valence-electron chi connectivity index (χ4n) is 3.53. The topological polar surface area (TPSA) is 42.4 Å². The molecule has 5 heteroatoms. The fourth-order valence-corrected chi connectivity index (χ4v) is 4.66. The van der Waals surface area contributed by atoms with Gasteiger partial charge in [0.15, 0.2) is 0 Å². The second-order valence-corrected chi connectivity index (χ2v) is 8.02. The number of piperidine rings is 1. The first-order valence-electron chi connectivity index (χ1n) is 9.78. The monoisotopic (exact) mass is 392 g/mol. The molecule has 28 heavy (non-hydrogen) atoms. The van der Waals surface area contributed by atoms with Gasteiger partial charge in [-0.2, -0.15) is 0 Å². The molecule has 1 saturated heterocycles. The second-order valence-electron chi connectivity index (χ2n) is 6.95. The molecule has 0 unspecified atom stereocenters. The Morgan fingerprint density at radius 3 is 2.64 bits per heavy atom. The highest BCUT2D eigenvalue weighted by Crippen LogP contribution is 2.33. The summed E-state index contributed by atoms with van der Waals surface area (Å²) in [5, 5.41) is 1.21. The summed E-state index contributed by atoms with van der Waals surface area (Å²) >= 11 is 1.79. The van der Waals surface area contributed by atoms with Gasteiger partial charge in [-0.3, -0.25) is 4.79 Å². The van der Waals surface area contributed by atoms with Gasteiger partial charge in [-0.25, -0.2) is 4.98 Å². The van der Waals surface area contributed by atoms with E-state index in [4.69, 9.17) is 9.72 Å². The molecule has 144 valence electrons. The fraction of sp³-hybridized carbons (Fsp3) is 0.304. The van der Waals surface area contributed by atoms with E-state index in [2.05, 4.69) is 18.2 Å². The molecule has 0 bridgehead atoms. The first kappa shape index (κ1) is 18.7. The normalized spacial score (nSPS) is 15.4. The van der Waals surface area contributed by atoms with E-state index in [1.165, 1.54) is 9.71 Å². The van der Waals surface area contributed by atoms with Gasteiger partial charge in [-0.15, -0.1) is 11.3 Å². The van der Waals surface area contributed by atoms with Gasteiger partial charge in [-0.05, 0) is 55.7 Å². The Morgan fingerprint density at radius 1 is 1.18 bits per heavy atom. The van der Waals surface area contributed by atoms with Crippen molar-refractivity contribution in [1.29, 1.82) is 0 Å². The highest BCUT2D eigenvalue weighted by Gasteiger charge is 2.24. The minimum Gasteiger partial charge on any atom is -0.494 e. The van der Waals surface area contributed by atoms with Gasteiger partial charge in [-0.1, -0.05) is 24.3 Å². The number of nitrogens with zero attached hydrogens (tertiary/aromatic N) is 2. The number of hydrogen-bond acceptors (Lipinski definition) is 4. The largest absolute Gasteiger partial charge is 0.494 e. The van der Waals surface area contributed by atoms with Crippen molar-refractivity contribution in [3.8, 4) is 5.75 Å². The molecule has 0 spiro atoms. The Labute approximate surface area is 169 Å². The van der Waals surface area contributed by atoms with Gasteiger partial charge in [0, 0.05) is 25.1 Å². The van der Waals surface area contributed by atoms with E-state index >= 15 is 0 Å². The van der Waals surface area contributed by atoms with Crippen molar-refractivity contribution in [2.45, 2.75) is 25.7 Å². The third kappa shape index (κ3) is 4.25. The van der Waals surface area contributed by atoms with Gasteiger partial charge >= 0.3 is 0 Å². The quantitative estimate of drug-likeness (QED) is 0.566. The summed E-state index contributed by atoms with van der Waals surface area (Å²) in [6.07, 6.45) is 5.50. The van der Waals surface area contributed by atoms with E-state index in [1.807, 2.05) is 48.2 Å². The summed E-state index contributed by atoms with van der Waals surface area (Å²) in [6, 6.07) is 16.1. The van der Waals surface area contributed by atoms with Crippen LogP contribution < -0.4 is 4.74 Å². The van der Waals surface area contributed by atoms with Crippen molar-refractivity contribution in [1.82, 2.24) is 9.88 Å². The molecular formula is C23H24N2O2S. The van der Waals surface area contributed by atoms with Crippen LogP contribution in [0.25, 0.3) is 16.3 Å². The van der Waals surface area contributed by atoms with E-state index in [9.17, 15) is 4.79 Å². The van der Waals surface area contributed by atoms with Gasteiger partial charge < -0.3 is 9.64 Å². The van der Waals surface area contributed by atoms with Gasteiger partial charge in [0.25, 0.3) is 0 Å². The molecule has 0 aliphatic carbocycles. The summed E-state index contributed by atoms with van der Waals surface area (Å²) in [4.78, 5) is 19.3. The van der Waals surface area contributed by atoms with Crippen LogP contribution in [0.2, 0.25) is 0 Å². The average Bonchev–Trinajstić information content (AvgIpc) is 3.18. The predicted octanol–water partition coefficient (Wildman–Crippen LogP) is 5.11. The molecule has 0 N–H and O–H groups in total. The van der Waals surface area contributed by atoms with Crippen LogP contribution in [-0.4, -0.2) is 35.5 Å². The summed E-state index contributed by atoms with van der Waals surface area (Å²) in [6.45, 7) is 4.19. The number of likely N-dealkylation sites (tertiary alicyclic amines) is 1. The lowest BCUT2D eigenvalue weighted by atomic mass is 9.97. The summed E-state index contributed by atoms with van der Waals surface area (Å²) in [7, 11) is 0. The minimum absolute atomic E-state index is 0.0802. The maximum atomic E-state index is 12.5. The SMILES string of the molecule is CCOc1ccc(C=CC(=O)N2CCC(c3nc4ccccc4s3)CC2)cc1. The highest BCUT2D eigenvalue weighted by atomic mass is 32.1. The zero-order chi connectivity index (χ0) is 19.3. The van der Waals surface area contributed by atoms with Crippen LogP contribution in [0.3, 0.4) is 0 Å². The lowest BCUT2D eigenvalue weighted by Crippen LogP contribution is -2.36. The Bertz CT molecular complexity index is 937. The molecule has 1 amide bonds. The van der Waals surface area contributed by atoms with Crippen molar-refractivity contribution in [2.24, 2.45) is 0 Å². The first-order valence-corrected chi connectivity index (χ1v) is 10.6. The number of hydrogen-bond donors (Lipinski definition) is 0. The molecule has 1 aliphatic heterocycles. The smallest absolute Gasteiger partial charge is 0.246 e. The Balaban J connectivity index is 1.33. The van der Waals surface area contributed by atoms with Crippen LogP contribution in [0, 0.1) is 0 Å². The lowest BCUT2D eigenvalue weighted by Gasteiger charge is -2.30. The summed E-state index contributed by atoms with van der Waals surface area (Å²) < 4.78 is 6.69. The molecule has 1 fully saturated rings. The zero-order valence-corrected chi connectivity index (χ0v) is 16.8. The van der Waals surface area contributed by atoms with Crippen molar-refractivity contribution in [3.63, 3.8) is 0 Å². The van der Waals surface area contributed by atoms with Gasteiger partial charge in [0.05, 0.1) is 21.8 Å².